The third kappa shape index (κ3) is 7.45. The minimum atomic E-state index is 0.581. The molecule has 0 aliphatic rings. The monoisotopic (exact) mass is 1130 g/mol. The van der Waals surface area contributed by atoms with E-state index in [9.17, 15) is 0 Å². The van der Waals surface area contributed by atoms with Crippen LogP contribution in [0.2, 0.25) is 0 Å². The Bertz CT molecular complexity index is 5590. The first kappa shape index (κ1) is 48.4. The zero-order valence-electron chi connectivity index (χ0n) is 47.0. The maximum atomic E-state index is 6.50. The average molecular weight is 1130 g/mol. The summed E-state index contributed by atoms with van der Waals surface area (Å²) in [5.41, 5.74) is 23.5. The fourth-order valence-corrected chi connectivity index (χ4v) is 13.6. The molecule has 8 nitrogen and oxygen atoms in total. The Hall–Kier alpha value is -12.0. The molecule has 0 aliphatic carbocycles. The lowest BCUT2D eigenvalue weighted by atomic mass is 9.85. The third-order valence-electron chi connectivity index (χ3n) is 17.8. The van der Waals surface area contributed by atoms with Gasteiger partial charge in [-0.3, -0.25) is 0 Å². The third-order valence-corrected chi connectivity index (χ3v) is 17.8. The Morgan fingerprint density at radius 3 is 0.943 bits per heavy atom. The van der Waals surface area contributed by atoms with E-state index in [1.807, 2.05) is 72.8 Å². The first-order valence-electron chi connectivity index (χ1n) is 29.6. The summed E-state index contributed by atoms with van der Waals surface area (Å²) in [6, 6.07) is 98.8. The van der Waals surface area contributed by atoms with Gasteiger partial charge >= 0.3 is 0 Å². The number of rotatable bonds is 8. The van der Waals surface area contributed by atoms with Crippen molar-refractivity contribution in [3.05, 3.63) is 279 Å². The van der Waals surface area contributed by atoms with E-state index >= 15 is 0 Å². The highest BCUT2D eigenvalue weighted by Gasteiger charge is 2.22. The van der Waals surface area contributed by atoms with E-state index in [4.69, 9.17) is 27.6 Å². The van der Waals surface area contributed by atoms with Crippen LogP contribution in [0, 0.1) is 0 Å². The van der Waals surface area contributed by atoms with E-state index < -0.39 is 0 Å². The summed E-state index contributed by atoms with van der Waals surface area (Å²) in [5, 5.41) is 9.18. The van der Waals surface area contributed by atoms with Crippen molar-refractivity contribution in [2.45, 2.75) is 0 Å². The number of benzene rings is 13. The molecule has 0 saturated carbocycles. The minimum absolute atomic E-state index is 0.581. The van der Waals surface area contributed by atoms with Crippen molar-refractivity contribution < 1.29 is 17.7 Å². The number of oxazole rings is 2. The predicted molar refractivity (Wildman–Crippen MR) is 357 cm³/mol. The second kappa shape index (κ2) is 18.7. The second-order valence-electron chi connectivity index (χ2n) is 22.8. The topological polar surface area (TPSA) is 88.2 Å². The van der Waals surface area contributed by atoms with Crippen molar-refractivity contribution in [2.24, 2.45) is 0 Å². The highest BCUT2D eigenvalue weighted by atomic mass is 16.4. The van der Waals surface area contributed by atoms with Gasteiger partial charge in [0.15, 0.2) is 11.2 Å². The van der Waals surface area contributed by atoms with Crippen LogP contribution in [0.1, 0.15) is 0 Å². The minimum Gasteiger partial charge on any atom is -0.456 e. The number of para-hydroxylation sites is 8. The molecule has 0 saturated heterocycles. The van der Waals surface area contributed by atoms with E-state index in [0.29, 0.717) is 11.8 Å². The average Bonchev–Trinajstić information content (AvgIpc) is 2.10. The van der Waals surface area contributed by atoms with Crippen LogP contribution in [-0.2, 0) is 0 Å². The number of fused-ring (bicyclic) bond motifs is 14. The van der Waals surface area contributed by atoms with Gasteiger partial charge in [0.2, 0.25) is 11.8 Å². The molecular formula is C80H46N4O4. The number of hydrogen-bond donors (Lipinski definition) is 0. The van der Waals surface area contributed by atoms with Crippen molar-refractivity contribution in [1.29, 1.82) is 0 Å². The molecule has 0 N–H and O–H groups in total. The van der Waals surface area contributed by atoms with Gasteiger partial charge in [0.1, 0.15) is 33.4 Å². The maximum absolute atomic E-state index is 6.50. The Kier molecular flexibility index (Phi) is 10.3. The predicted octanol–water partition coefficient (Wildman–Crippen LogP) is 22.0. The fraction of sp³-hybridized carbons (Fsp3) is 0. The molecule has 0 unspecified atom stereocenters. The van der Waals surface area contributed by atoms with Crippen molar-refractivity contribution in [1.82, 2.24) is 19.1 Å². The first-order chi connectivity index (χ1) is 43.6. The van der Waals surface area contributed by atoms with Gasteiger partial charge in [-0.2, -0.15) is 0 Å². The molecule has 6 aromatic heterocycles. The highest BCUT2D eigenvalue weighted by molar-refractivity contribution is 6.19. The molecule has 88 heavy (non-hydrogen) atoms. The summed E-state index contributed by atoms with van der Waals surface area (Å²) in [6.45, 7) is 0. The molecule has 0 amide bonds. The smallest absolute Gasteiger partial charge is 0.227 e. The lowest BCUT2D eigenvalue weighted by Gasteiger charge is -2.19. The van der Waals surface area contributed by atoms with Crippen LogP contribution in [0.25, 0.3) is 188 Å². The largest absolute Gasteiger partial charge is 0.456 e. The summed E-state index contributed by atoms with van der Waals surface area (Å²) in [5.74, 6) is 1.16. The van der Waals surface area contributed by atoms with Crippen molar-refractivity contribution in [3.8, 4) is 78.8 Å². The Morgan fingerprint density at radius 2 is 0.545 bits per heavy atom. The van der Waals surface area contributed by atoms with Crippen LogP contribution in [0.5, 0.6) is 0 Å². The zero-order chi connectivity index (χ0) is 57.6. The van der Waals surface area contributed by atoms with Gasteiger partial charge in [-0.15, -0.1) is 0 Å². The van der Waals surface area contributed by atoms with Crippen LogP contribution in [0.3, 0.4) is 0 Å². The molecule has 19 rings (SSSR count). The Labute approximate surface area is 501 Å². The SMILES string of the molecule is c1ccc2oc(-c3ccc(-c4cc(-c5ccc(-n6c7ccccc7c7cc8c(cc76)oc6ccccc68)cc5)c(-c5ccc(-c6nc7ccccc7o6)cc5)cc4-c4ccc(-n5c6ccccc6c6cc7c(cc65)oc5ccccc57)cc4)cc3)nc2c1. The van der Waals surface area contributed by atoms with Crippen LogP contribution in [-0.4, -0.2) is 19.1 Å². The summed E-state index contributed by atoms with van der Waals surface area (Å²) < 4.78 is 30.3. The lowest BCUT2D eigenvalue weighted by molar-refractivity contribution is 0.619. The summed E-state index contributed by atoms with van der Waals surface area (Å²) >= 11 is 0. The molecule has 0 aliphatic heterocycles. The van der Waals surface area contributed by atoms with Gasteiger partial charge in [0.25, 0.3) is 0 Å². The van der Waals surface area contributed by atoms with Gasteiger partial charge in [0, 0.05) is 77.7 Å². The van der Waals surface area contributed by atoms with E-state index in [1.54, 1.807) is 0 Å². The highest BCUT2D eigenvalue weighted by Crippen LogP contribution is 2.46. The maximum Gasteiger partial charge on any atom is 0.227 e. The normalized spacial score (nSPS) is 12.1. The Morgan fingerprint density at radius 1 is 0.216 bits per heavy atom. The van der Waals surface area contributed by atoms with Gasteiger partial charge in [-0.1, -0.05) is 146 Å². The van der Waals surface area contributed by atoms with Gasteiger partial charge in [-0.25, -0.2) is 9.97 Å². The summed E-state index contributed by atoms with van der Waals surface area (Å²) in [4.78, 5) is 9.74. The molecule has 8 heteroatoms. The summed E-state index contributed by atoms with van der Waals surface area (Å²) in [6.07, 6.45) is 0. The number of nitrogens with zero attached hydrogens (tertiary/aromatic N) is 4. The molecule has 0 radical (unpaired) electrons. The molecule has 410 valence electrons. The van der Waals surface area contributed by atoms with Gasteiger partial charge in [-0.05, 0) is 166 Å². The van der Waals surface area contributed by atoms with Gasteiger partial charge < -0.3 is 26.8 Å². The van der Waals surface area contributed by atoms with Crippen LogP contribution < -0.4 is 0 Å². The molecule has 0 atom stereocenters. The van der Waals surface area contributed by atoms with Crippen molar-refractivity contribution >= 4 is 110 Å². The van der Waals surface area contributed by atoms with Crippen LogP contribution in [0.4, 0.5) is 0 Å². The van der Waals surface area contributed by atoms with Crippen LogP contribution >= 0.6 is 0 Å². The van der Waals surface area contributed by atoms with E-state index in [1.165, 1.54) is 21.5 Å². The number of aromatic nitrogens is 4. The number of furan rings is 2. The fourth-order valence-electron chi connectivity index (χ4n) is 13.6. The lowest BCUT2D eigenvalue weighted by Crippen LogP contribution is -1.96. The molecule has 19 aromatic rings. The standard InChI is InChI=1S/C80H46N4O4/c1-7-19-69-55(13-1)63-43-65-57-15-3-9-21-73(57)85-77(65)45-71(63)83(69)53-37-33-49(34-38-53)61-41-60(48-27-31-52(32-28-48)80-82-68-18-6-12-24-76(68)88-80)62(42-59(61)47-25-29-51(30-26-47)79-81-67-17-5-11-23-75(67)87-79)50-35-39-54(40-36-50)84-70-20-8-2-14-56(70)64-44-66-58-16-4-10-22-74(58)86-78(66)46-72(64)84/h1-46H. The Balaban J connectivity index is 0.797. The zero-order valence-corrected chi connectivity index (χ0v) is 47.0. The van der Waals surface area contributed by atoms with Crippen LogP contribution in [0.15, 0.2) is 297 Å². The van der Waals surface area contributed by atoms with E-state index in [2.05, 4.69) is 215 Å². The van der Waals surface area contributed by atoms with Crippen molar-refractivity contribution in [3.63, 3.8) is 0 Å². The molecule has 6 heterocycles. The molecule has 0 bridgehead atoms. The second-order valence-corrected chi connectivity index (χ2v) is 22.8. The van der Waals surface area contributed by atoms with E-state index in [-0.39, 0.29) is 0 Å². The molecule has 0 fully saturated rings. The van der Waals surface area contributed by atoms with Crippen molar-refractivity contribution in [2.75, 3.05) is 0 Å². The quantitative estimate of drug-likeness (QED) is 0.151. The number of hydrogen-bond acceptors (Lipinski definition) is 6. The van der Waals surface area contributed by atoms with Gasteiger partial charge in [0.05, 0.1) is 22.1 Å². The summed E-state index contributed by atoms with van der Waals surface area (Å²) in [7, 11) is 0. The molecular weight excluding hydrogens is 1080 g/mol. The molecule has 0 spiro atoms. The molecule has 13 aromatic carbocycles. The first-order valence-corrected chi connectivity index (χ1v) is 29.6. The van der Waals surface area contributed by atoms with E-state index in [0.717, 1.165) is 155 Å².